The Kier molecular flexibility index (Phi) is 15.1. The van der Waals surface area contributed by atoms with Crippen LogP contribution in [0.3, 0.4) is 0 Å². The molecule has 0 heterocycles. The minimum Gasteiger partial charge on any atom is -0.377 e. The molecule has 2 N–H and O–H groups in total. The van der Waals surface area contributed by atoms with Crippen molar-refractivity contribution in [2.24, 2.45) is 11.7 Å². The van der Waals surface area contributed by atoms with Gasteiger partial charge in [0.25, 0.3) is 0 Å². The molecule has 0 aromatic heterocycles. The molecule has 0 radical (unpaired) electrons. The SMILES string of the molecule is CC(C)C(=O)COCCOCCOCCOCCOCC(N)=O. The lowest BCUT2D eigenvalue weighted by Crippen LogP contribution is -2.20. The van der Waals surface area contributed by atoms with Crippen molar-refractivity contribution in [3.63, 3.8) is 0 Å². The molecule has 1 amide bonds. The van der Waals surface area contributed by atoms with Crippen LogP contribution in [0.4, 0.5) is 0 Å². The molecule has 0 aliphatic carbocycles. The number of ketones is 1. The van der Waals surface area contributed by atoms with E-state index in [1.54, 1.807) is 0 Å². The third-order valence-corrected chi connectivity index (χ3v) is 2.62. The summed E-state index contributed by atoms with van der Waals surface area (Å²) in [5.74, 6) is -0.403. The van der Waals surface area contributed by atoms with Crippen molar-refractivity contribution in [1.29, 1.82) is 0 Å². The Balaban J connectivity index is 3.08. The first-order chi connectivity index (χ1) is 11.0. The minimum atomic E-state index is -0.495. The van der Waals surface area contributed by atoms with Gasteiger partial charge in [-0.2, -0.15) is 0 Å². The third kappa shape index (κ3) is 17.1. The Morgan fingerprint density at radius 3 is 1.39 bits per heavy atom. The summed E-state index contributed by atoms with van der Waals surface area (Å²) >= 11 is 0. The molecule has 0 atom stereocenters. The first-order valence-corrected chi connectivity index (χ1v) is 7.73. The smallest absolute Gasteiger partial charge is 0.243 e. The number of primary amides is 1. The molecule has 0 aromatic rings. The van der Waals surface area contributed by atoms with Gasteiger partial charge in [0, 0.05) is 5.92 Å². The van der Waals surface area contributed by atoms with Gasteiger partial charge < -0.3 is 29.4 Å². The number of hydrogen-bond donors (Lipinski definition) is 1. The van der Waals surface area contributed by atoms with Gasteiger partial charge in [-0.15, -0.1) is 0 Å². The van der Waals surface area contributed by atoms with E-state index in [4.69, 9.17) is 29.4 Å². The molecule has 0 aliphatic heterocycles. The van der Waals surface area contributed by atoms with E-state index < -0.39 is 5.91 Å². The number of carbonyl (C=O) groups is 2. The average Bonchev–Trinajstić information content (AvgIpc) is 2.50. The Hall–Kier alpha value is -1.06. The van der Waals surface area contributed by atoms with Gasteiger partial charge in [0.1, 0.15) is 13.2 Å². The first-order valence-electron chi connectivity index (χ1n) is 7.73. The topological polar surface area (TPSA) is 106 Å². The van der Waals surface area contributed by atoms with Crippen LogP contribution in [-0.2, 0) is 33.3 Å². The van der Waals surface area contributed by atoms with Crippen molar-refractivity contribution >= 4 is 11.7 Å². The van der Waals surface area contributed by atoms with Gasteiger partial charge in [-0.3, -0.25) is 9.59 Å². The van der Waals surface area contributed by atoms with Gasteiger partial charge in [-0.1, -0.05) is 13.8 Å². The van der Waals surface area contributed by atoms with Gasteiger partial charge in [0.2, 0.25) is 5.91 Å². The summed E-state index contributed by atoms with van der Waals surface area (Å²) < 4.78 is 25.9. The first kappa shape index (κ1) is 21.9. The zero-order chi connectivity index (χ0) is 17.3. The molecule has 0 spiro atoms. The number of amides is 1. The monoisotopic (exact) mass is 335 g/mol. The Labute approximate surface area is 137 Å². The second kappa shape index (κ2) is 15.8. The quantitative estimate of drug-likeness (QED) is 0.366. The van der Waals surface area contributed by atoms with Crippen molar-refractivity contribution in [1.82, 2.24) is 0 Å². The molecule has 0 rings (SSSR count). The van der Waals surface area contributed by atoms with Crippen LogP contribution in [0.5, 0.6) is 0 Å². The number of Topliss-reactive ketones (excluding diaryl/α,β-unsaturated/α-hetero) is 1. The maximum Gasteiger partial charge on any atom is 0.243 e. The molecule has 0 bridgehead atoms. The number of rotatable bonds is 17. The molecule has 23 heavy (non-hydrogen) atoms. The largest absolute Gasteiger partial charge is 0.377 e. The summed E-state index contributed by atoms with van der Waals surface area (Å²) in [6, 6.07) is 0. The standard InChI is InChI=1S/C15H29NO7/c1-13(2)14(17)11-22-9-7-20-5-3-19-4-6-21-8-10-23-12-15(16)18/h13H,3-12H2,1-2H3,(H2,16,18). The molecule has 0 aliphatic rings. The van der Waals surface area contributed by atoms with E-state index in [1.807, 2.05) is 13.8 Å². The van der Waals surface area contributed by atoms with Crippen molar-refractivity contribution in [2.45, 2.75) is 13.8 Å². The molecule has 136 valence electrons. The summed E-state index contributed by atoms with van der Waals surface area (Å²) in [6.07, 6.45) is 0. The van der Waals surface area contributed by atoms with Crippen LogP contribution in [0.25, 0.3) is 0 Å². The Morgan fingerprint density at radius 1 is 0.696 bits per heavy atom. The lowest BCUT2D eigenvalue weighted by atomic mass is 10.1. The molecule has 8 heteroatoms. The van der Waals surface area contributed by atoms with Crippen molar-refractivity contribution < 1.29 is 33.3 Å². The fourth-order valence-corrected chi connectivity index (χ4v) is 1.29. The molecule has 0 saturated carbocycles. The molecular weight excluding hydrogens is 306 g/mol. The highest BCUT2D eigenvalue weighted by Crippen LogP contribution is 1.94. The van der Waals surface area contributed by atoms with Gasteiger partial charge in [0.05, 0.1) is 52.9 Å². The van der Waals surface area contributed by atoms with Crippen molar-refractivity contribution in [2.75, 3.05) is 66.1 Å². The third-order valence-electron chi connectivity index (χ3n) is 2.62. The predicted octanol–water partition coefficient (Wildman–Crippen LogP) is -0.220. The summed E-state index contributed by atoms with van der Waals surface area (Å²) in [6.45, 7) is 7.11. The zero-order valence-electron chi connectivity index (χ0n) is 14.1. The second-order valence-corrected chi connectivity index (χ2v) is 5.03. The second-order valence-electron chi connectivity index (χ2n) is 5.03. The number of carbonyl (C=O) groups excluding carboxylic acids is 2. The lowest BCUT2D eigenvalue weighted by Gasteiger charge is -2.08. The van der Waals surface area contributed by atoms with E-state index in [1.165, 1.54) is 0 Å². The molecule has 0 unspecified atom stereocenters. The molecule has 0 fully saturated rings. The van der Waals surface area contributed by atoms with Crippen molar-refractivity contribution in [3.05, 3.63) is 0 Å². The molecular formula is C15H29NO7. The van der Waals surface area contributed by atoms with Crippen LogP contribution < -0.4 is 5.73 Å². The van der Waals surface area contributed by atoms with Crippen molar-refractivity contribution in [3.8, 4) is 0 Å². The Bertz CT molecular complexity index is 310. The number of hydrogen-bond acceptors (Lipinski definition) is 7. The Morgan fingerprint density at radius 2 is 1.04 bits per heavy atom. The van der Waals surface area contributed by atoms with E-state index in [-0.39, 0.29) is 24.9 Å². The fourth-order valence-electron chi connectivity index (χ4n) is 1.29. The zero-order valence-corrected chi connectivity index (χ0v) is 14.1. The highest BCUT2D eigenvalue weighted by Gasteiger charge is 2.06. The van der Waals surface area contributed by atoms with E-state index in [2.05, 4.69) is 0 Å². The van der Waals surface area contributed by atoms with Gasteiger partial charge in [0.15, 0.2) is 5.78 Å². The van der Waals surface area contributed by atoms with Crippen LogP contribution in [-0.4, -0.2) is 77.8 Å². The van der Waals surface area contributed by atoms with Crippen LogP contribution in [0.2, 0.25) is 0 Å². The van der Waals surface area contributed by atoms with E-state index in [9.17, 15) is 9.59 Å². The highest BCUT2D eigenvalue weighted by molar-refractivity contribution is 5.81. The van der Waals surface area contributed by atoms with Crippen LogP contribution >= 0.6 is 0 Å². The van der Waals surface area contributed by atoms with E-state index in [0.717, 1.165) is 0 Å². The highest BCUT2D eigenvalue weighted by atomic mass is 16.6. The normalized spacial score (nSPS) is 11.1. The number of nitrogens with two attached hydrogens (primary N) is 1. The van der Waals surface area contributed by atoms with Crippen LogP contribution in [0.15, 0.2) is 0 Å². The number of ether oxygens (including phenoxy) is 5. The van der Waals surface area contributed by atoms with Crippen LogP contribution in [0.1, 0.15) is 13.8 Å². The summed E-state index contributed by atoms with van der Waals surface area (Å²) in [4.78, 5) is 21.6. The molecule has 8 nitrogen and oxygen atoms in total. The van der Waals surface area contributed by atoms with Gasteiger partial charge >= 0.3 is 0 Å². The predicted molar refractivity (Wildman–Crippen MR) is 83.1 cm³/mol. The maximum absolute atomic E-state index is 11.3. The summed E-state index contributed by atoms with van der Waals surface area (Å²) in [7, 11) is 0. The maximum atomic E-state index is 11.3. The van der Waals surface area contributed by atoms with Crippen LogP contribution in [0, 0.1) is 5.92 Å². The summed E-state index contributed by atoms with van der Waals surface area (Å²) in [5, 5.41) is 0. The molecule has 0 aromatic carbocycles. The van der Waals surface area contributed by atoms with Gasteiger partial charge in [-0.25, -0.2) is 0 Å². The van der Waals surface area contributed by atoms with E-state index in [0.29, 0.717) is 52.9 Å². The lowest BCUT2D eigenvalue weighted by molar-refractivity contribution is -0.127. The van der Waals surface area contributed by atoms with E-state index >= 15 is 0 Å². The summed E-state index contributed by atoms with van der Waals surface area (Å²) in [5.41, 5.74) is 4.91. The van der Waals surface area contributed by atoms with Gasteiger partial charge in [-0.05, 0) is 0 Å². The minimum absolute atomic E-state index is 0.00116. The molecule has 0 saturated heterocycles. The fraction of sp³-hybridized carbons (Fsp3) is 0.867. The average molecular weight is 335 g/mol.